The van der Waals surface area contributed by atoms with Crippen LogP contribution in [0.3, 0.4) is 0 Å². The van der Waals surface area contributed by atoms with Crippen molar-refractivity contribution in [2.24, 2.45) is 5.10 Å². The Morgan fingerprint density at radius 2 is 1.72 bits per heavy atom. The lowest BCUT2D eigenvalue weighted by molar-refractivity contribution is -0.0541. The standard InChI is InChI=1S/C23H26N4O5/c1-32-21-10-6-5-9-16(21)11-17-12-18(15-7-3-2-4-8-15)25-27-23(17)26-24-13-19(29)22(31)20(30)14-28/h2-10,12-13,19-20,22,28-31H,11,14H2,1H3,(H,26,27)/b24-13+/t19-,20-,22+/m1/s1. The SMILES string of the molecule is COc1ccccc1Cc1cc(-c2ccccc2)nnc1N/N=C/[C@@H](O)[C@H](O)[C@H](O)CO. The Kier molecular flexibility index (Phi) is 8.23. The van der Waals surface area contributed by atoms with Crippen molar-refractivity contribution in [1.82, 2.24) is 10.2 Å². The van der Waals surface area contributed by atoms with Crippen molar-refractivity contribution in [3.63, 3.8) is 0 Å². The van der Waals surface area contributed by atoms with Crippen LogP contribution in [0.1, 0.15) is 11.1 Å². The van der Waals surface area contributed by atoms with Crippen molar-refractivity contribution in [3.8, 4) is 17.0 Å². The van der Waals surface area contributed by atoms with E-state index in [1.54, 1.807) is 7.11 Å². The lowest BCUT2D eigenvalue weighted by atomic mass is 10.0. The number of hydrogen-bond acceptors (Lipinski definition) is 9. The molecule has 0 radical (unpaired) electrons. The zero-order valence-electron chi connectivity index (χ0n) is 17.5. The lowest BCUT2D eigenvalue weighted by Crippen LogP contribution is -2.40. The molecule has 0 spiro atoms. The molecule has 0 saturated heterocycles. The first-order chi connectivity index (χ1) is 15.5. The molecule has 0 saturated carbocycles. The smallest absolute Gasteiger partial charge is 0.172 e. The number of rotatable bonds is 10. The van der Waals surface area contributed by atoms with Gasteiger partial charge in [-0.25, -0.2) is 0 Å². The minimum Gasteiger partial charge on any atom is -0.496 e. The van der Waals surface area contributed by atoms with Crippen LogP contribution in [-0.4, -0.2) is 68.9 Å². The number of ether oxygens (including phenoxy) is 1. The quantitative estimate of drug-likeness (QED) is 0.235. The van der Waals surface area contributed by atoms with Crippen LogP contribution in [0.2, 0.25) is 0 Å². The van der Waals surface area contributed by atoms with Gasteiger partial charge in [0.05, 0.1) is 25.6 Å². The summed E-state index contributed by atoms with van der Waals surface area (Å²) in [5, 5.41) is 50.4. The summed E-state index contributed by atoms with van der Waals surface area (Å²) in [5.74, 6) is 1.09. The topological polar surface area (TPSA) is 140 Å². The van der Waals surface area contributed by atoms with Gasteiger partial charge in [0.15, 0.2) is 5.82 Å². The normalized spacial score (nSPS) is 14.2. The molecule has 1 heterocycles. The molecule has 0 fully saturated rings. The third-order valence-corrected chi connectivity index (χ3v) is 4.84. The molecule has 3 aromatic rings. The fourth-order valence-corrected chi connectivity index (χ4v) is 3.06. The number of aliphatic hydroxyl groups is 4. The molecular formula is C23H26N4O5. The molecule has 3 atom stereocenters. The average molecular weight is 438 g/mol. The zero-order chi connectivity index (χ0) is 22.9. The van der Waals surface area contributed by atoms with E-state index in [-0.39, 0.29) is 0 Å². The predicted octanol–water partition coefficient (Wildman–Crippen LogP) is 1.22. The highest BCUT2D eigenvalue weighted by Crippen LogP contribution is 2.26. The Bertz CT molecular complexity index is 1030. The van der Waals surface area contributed by atoms with Gasteiger partial charge in [-0.1, -0.05) is 48.5 Å². The highest BCUT2D eigenvalue weighted by Gasteiger charge is 2.22. The van der Waals surface area contributed by atoms with Crippen LogP contribution < -0.4 is 10.2 Å². The van der Waals surface area contributed by atoms with E-state index in [9.17, 15) is 15.3 Å². The first kappa shape index (κ1) is 23.3. The Morgan fingerprint density at radius 3 is 2.44 bits per heavy atom. The van der Waals surface area contributed by atoms with Crippen LogP contribution in [0, 0.1) is 0 Å². The van der Waals surface area contributed by atoms with E-state index >= 15 is 0 Å². The number of nitrogens with zero attached hydrogens (tertiary/aromatic N) is 3. The van der Waals surface area contributed by atoms with Crippen molar-refractivity contribution < 1.29 is 25.2 Å². The summed E-state index contributed by atoms with van der Waals surface area (Å²) in [6.07, 6.45) is -3.05. The minimum absolute atomic E-state index is 0.358. The van der Waals surface area contributed by atoms with Gasteiger partial charge in [-0.05, 0) is 17.7 Å². The van der Waals surface area contributed by atoms with E-state index in [0.717, 1.165) is 28.7 Å². The molecule has 32 heavy (non-hydrogen) atoms. The van der Waals surface area contributed by atoms with Gasteiger partial charge in [-0.15, -0.1) is 10.2 Å². The second-order valence-corrected chi connectivity index (χ2v) is 7.08. The molecule has 1 aromatic heterocycles. The van der Waals surface area contributed by atoms with E-state index in [0.29, 0.717) is 17.9 Å². The number of hydrogen-bond donors (Lipinski definition) is 5. The molecule has 9 heteroatoms. The van der Waals surface area contributed by atoms with E-state index in [1.807, 2.05) is 60.7 Å². The molecule has 0 bridgehead atoms. The molecular weight excluding hydrogens is 412 g/mol. The molecule has 3 rings (SSSR count). The predicted molar refractivity (Wildman–Crippen MR) is 120 cm³/mol. The zero-order valence-corrected chi connectivity index (χ0v) is 17.5. The Balaban J connectivity index is 1.88. The summed E-state index contributed by atoms with van der Waals surface area (Å²) < 4.78 is 5.45. The van der Waals surface area contributed by atoms with Crippen molar-refractivity contribution in [3.05, 3.63) is 71.8 Å². The molecule has 168 valence electrons. The highest BCUT2D eigenvalue weighted by molar-refractivity contribution is 5.66. The van der Waals surface area contributed by atoms with Crippen LogP contribution in [0.5, 0.6) is 5.75 Å². The summed E-state index contributed by atoms with van der Waals surface area (Å²) >= 11 is 0. The van der Waals surface area contributed by atoms with E-state index in [4.69, 9.17) is 9.84 Å². The van der Waals surface area contributed by atoms with Gasteiger partial charge in [0, 0.05) is 17.5 Å². The van der Waals surface area contributed by atoms with E-state index in [1.165, 1.54) is 0 Å². The summed E-state index contributed by atoms with van der Waals surface area (Å²) in [6.45, 7) is -0.686. The monoisotopic (exact) mass is 438 g/mol. The number of anilines is 1. The maximum Gasteiger partial charge on any atom is 0.172 e. The molecule has 2 aromatic carbocycles. The Morgan fingerprint density at radius 1 is 1.00 bits per heavy atom. The van der Waals surface area contributed by atoms with Gasteiger partial charge in [0.1, 0.15) is 24.1 Å². The maximum absolute atomic E-state index is 9.90. The number of methoxy groups -OCH3 is 1. The number of aliphatic hydroxyl groups excluding tert-OH is 4. The summed E-state index contributed by atoms with van der Waals surface area (Å²) in [5.41, 5.74) is 6.05. The fraction of sp³-hybridized carbons (Fsp3) is 0.261. The first-order valence-corrected chi connectivity index (χ1v) is 10.0. The molecule has 9 nitrogen and oxygen atoms in total. The molecule has 0 aliphatic carbocycles. The second-order valence-electron chi connectivity index (χ2n) is 7.08. The van der Waals surface area contributed by atoms with Crippen LogP contribution in [-0.2, 0) is 6.42 Å². The number of para-hydroxylation sites is 1. The molecule has 0 unspecified atom stereocenters. The molecule has 0 aliphatic heterocycles. The van der Waals surface area contributed by atoms with Crippen LogP contribution in [0.25, 0.3) is 11.3 Å². The third-order valence-electron chi connectivity index (χ3n) is 4.84. The number of aromatic nitrogens is 2. The van der Waals surface area contributed by atoms with Crippen LogP contribution >= 0.6 is 0 Å². The van der Waals surface area contributed by atoms with Crippen LogP contribution in [0.15, 0.2) is 65.8 Å². The minimum atomic E-state index is -1.58. The Labute approximate surface area is 185 Å². The first-order valence-electron chi connectivity index (χ1n) is 10.0. The van der Waals surface area contributed by atoms with Crippen molar-refractivity contribution in [1.29, 1.82) is 0 Å². The van der Waals surface area contributed by atoms with E-state index in [2.05, 4.69) is 20.7 Å². The molecule has 5 N–H and O–H groups in total. The van der Waals surface area contributed by atoms with Gasteiger partial charge >= 0.3 is 0 Å². The van der Waals surface area contributed by atoms with Gasteiger partial charge in [0.2, 0.25) is 0 Å². The highest BCUT2D eigenvalue weighted by atomic mass is 16.5. The summed E-state index contributed by atoms with van der Waals surface area (Å²) in [4.78, 5) is 0. The largest absolute Gasteiger partial charge is 0.496 e. The van der Waals surface area contributed by atoms with Crippen LogP contribution in [0.4, 0.5) is 5.82 Å². The lowest BCUT2D eigenvalue weighted by Gasteiger charge is -2.18. The van der Waals surface area contributed by atoms with Crippen molar-refractivity contribution in [2.75, 3.05) is 19.1 Å². The third kappa shape index (κ3) is 5.86. The molecule has 0 aliphatic rings. The van der Waals surface area contributed by atoms with Crippen molar-refractivity contribution >= 4 is 12.0 Å². The average Bonchev–Trinajstić information content (AvgIpc) is 2.84. The summed E-state index contributed by atoms with van der Waals surface area (Å²) in [6, 6.07) is 19.2. The van der Waals surface area contributed by atoms with Gasteiger partial charge in [0.25, 0.3) is 0 Å². The van der Waals surface area contributed by atoms with E-state index < -0.39 is 24.9 Å². The second kappa shape index (κ2) is 11.3. The summed E-state index contributed by atoms with van der Waals surface area (Å²) in [7, 11) is 1.61. The van der Waals surface area contributed by atoms with Gasteiger partial charge in [-0.3, -0.25) is 5.43 Å². The number of benzene rings is 2. The Hall–Kier alpha value is -3.37. The number of hydrazone groups is 1. The maximum atomic E-state index is 9.90. The van der Waals surface area contributed by atoms with Gasteiger partial charge in [-0.2, -0.15) is 5.10 Å². The molecule has 0 amide bonds. The number of nitrogens with one attached hydrogen (secondary N) is 1. The fourth-order valence-electron chi connectivity index (χ4n) is 3.06. The van der Waals surface area contributed by atoms with Gasteiger partial charge < -0.3 is 25.2 Å². The van der Waals surface area contributed by atoms with Crippen molar-refractivity contribution in [2.45, 2.75) is 24.7 Å².